The maximum Gasteiger partial charge on any atom is 0.277 e. The molecule has 5 rings (SSSR count). The van der Waals surface area contributed by atoms with E-state index in [2.05, 4.69) is 21.4 Å². The topological polar surface area (TPSA) is 95.0 Å². The number of nitrogens with zero attached hydrogens (tertiary/aromatic N) is 4. The molecule has 8 nitrogen and oxygen atoms in total. The predicted octanol–water partition coefficient (Wildman–Crippen LogP) is 1.79. The Labute approximate surface area is 180 Å². The van der Waals surface area contributed by atoms with Gasteiger partial charge in [-0.1, -0.05) is 6.07 Å². The second-order valence-corrected chi connectivity index (χ2v) is 8.62. The Kier molecular flexibility index (Phi) is 4.92. The normalized spacial score (nSPS) is 23.3. The molecule has 1 aliphatic carbocycles. The lowest BCUT2D eigenvalue weighted by atomic mass is 9.96. The van der Waals surface area contributed by atoms with Gasteiger partial charge in [0.15, 0.2) is 0 Å². The van der Waals surface area contributed by atoms with Crippen molar-refractivity contribution in [3.63, 3.8) is 0 Å². The van der Waals surface area contributed by atoms with E-state index in [1.54, 1.807) is 4.90 Å². The van der Waals surface area contributed by atoms with E-state index in [-0.39, 0.29) is 36.2 Å². The minimum absolute atomic E-state index is 0.0362. The summed E-state index contributed by atoms with van der Waals surface area (Å²) in [5.41, 5.74) is 3.19. The average Bonchev–Trinajstić information content (AvgIpc) is 3.55. The molecule has 4 aliphatic rings. The van der Waals surface area contributed by atoms with E-state index in [1.165, 1.54) is 4.90 Å². The molecular weight excluding hydrogens is 394 g/mol. The van der Waals surface area contributed by atoms with Crippen LogP contribution < -0.4 is 5.32 Å². The molecule has 1 unspecified atom stereocenters. The summed E-state index contributed by atoms with van der Waals surface area (Å²) < 4.78 is 0. The van der Waals surface area contributed by atoms with E-state index < -0.39 is 0 Å². The van der Waals surface area contributed by atoms with Crippen molar-refractivity contribution in [3.8, 4) is 0 Å². The number of aliphatic imine (C=N–C) groups is 1. The van der Waals surface area contributed by atoms with Crippen LogP contribution in [-0.4, -0.2) is 57.9 Å². The number of imide groups is 1. The molecule has 1 saturated carbocycles. The molecule has 1 N–H and O–H groups in total. The number of hydrogen-bond donors (Lipinski definition) is 1. The summed E-state index contributed by atoms with van der Waals surface area (Å²) in [7, 11) is 0. The van der Waals surface area contributed by atoms with Gasteiger partial charge in [0.25, 0.3) is 11.8 Å². The maximum atomic E-state index is 12.8. The fourth-order valence-corrected chi connectivity index (χ4v) is 4.48. The highest BCUT2D eigenvalue weighted by Gasteiger charge is 2.48. The Morgan fingerprint density at radius 2 is 2.06 bits per heavy atom. The Bertz CT molecular complexity index is 1050. The molecule has 160 valence electrons. The van der Waals surface area contributed by atoms with Crippen LogP contribution in [0.25, 0.3) is 0 Å². The van der Waals surface area contributed by atoms with Gasteiger partial charge >= 0.3 is 0 Å². The molecular formula is C23H25N5O3. The fraction of sp³-hybridized carbons (Fsp3) is 0.435. The van der Waals surface area contributed by atoms with Crippen molar-refractivity contribution in [2.75, 3.05) is 13.1 Å². The highest BCUT2D eigenvalue weighted by molar-refractivity contribution is 6.19. The zero-order valence-corrected chi connectivity index (χ0v) is 17.5. The molecule has 31 heavy (non-hydrogen) atoms. The second kappa shape index (κ2) is 7.76. The van der Waals surface area contributed by atoms with Crippen LogP contribution in [0.2, 0.25) is 0 Å². The summed E-state index contributed by atoms with van der Waals surface area (Å²) in [4.78, 5) is 49.9. The van der Waals surface area contributed by atoms with E-state index in [0.29, 0.717) is 30.1 Å². The third-order valence-corrected chi connectivity index (χ3v) is 6.15. The van der Waals surface area contributed by atoms with Crippen molar-refractivity contribution in [2.45, 2.75) is 51.0 Å². The van der Waals surface area contributed by atoms with Crippen LogP contribution in [0.5, 0.6) is 0 Å². The molecule has 0 saturated heterocycles. The van der Waals surface area contributed by atoms with Crippen molar-refractivity contribution in [1.82, 2.24) is 20.1 Å². The third-order valence-electron chi connectivity index (χ3n) is 6.15. The van der Waals surface area contributed by atoms with Gasteiger partial charge in [0.2, 0.25) is 5.91 Å². The Morgan fingerprint density at radius 1 is 1.23 bits per heavy atom. The highest BCUT2D eigenvalue weighted by Crippen LogP contribution is 2.38. The predicted molar refractivity (Wildman–Crippen MR) is 114 cm³/mol. The summed E-state index contributed by atoms with van der Waals surface area (Å²) in [5.74, 6) is 0.0150. The van der Waals surface area contributed by atoms with Gasteiger partial charge in [-0.15, -0.1) is 0 Å². The largest absolute Gasteiger partial charge is 0.357 e. The molecule has 1 aromatic heterocycles. The molecule has 0 aromatic carbocycles. The molecule has 0 radical (unpaired) electrons. The average molecular weight is 419 g/mol. The Balaban J connectivity index is 1.22. The number of nitrogens with one attached hydrogen (secondary N) is 1. The molecule has 1 fully saturated rings. The van der Waals surface area contributed by atoms with Crippen molar-refractivity contribution in [2.24, 2.45) is 4.99 Å². The molecule has 0 spiro atoms. The summed E-state index contributed by atoms with van der Waals surface area (Å²) in [6, 6.07) is 2.13. The molecule has 0 bridgehead atoms. The van der Waals surface area contributed by atoms with Gasteiger partial charge in [0, 0.05) is 42.7 Å². The van der Waals surface area contributed by atoms with Crippen LogP contribution in [0, 0.1) is 6.92 Å². The lowest BCUT2D eigenvalue weighted by Crippen LogP contribution is -2.41. The summed E-state index contributed by atoms with van der Waals surface area (Å²) >= 11 is 0. The highest BCUT2D eigenvalue weighted by atomic mass is 16.2. The molecule has 3 aliphatic heterocycles. The first-order chi connectivity index (χ1) is 15.0. The van der Waals surface area contributed by atoms with Crippen LogP contribution >= 0.6 is 0 Å². The SMILES string of the molecule is Cc1cncc(C2C=NC(NC(=O)CN3CCCC4=C3C(=O)N(C3CC3)C4=O)=CC2)c1. The van der Waals surface area contributed by atoms with E-state index in [4.69, 9.17) is 0 Å². The summed E-state index contributed by atoms with van der Waals surface area (Å²) in [6.07, 6.45) is 11.3. The van der Waals surface area contributed by atoms with Crippen molar-refractivity contribution in [3.05, 3.63) is 52.8 Å². The van der Waals surface area contributed by atoms with Crippen LogP contribution in [-0.2, 0) is 14.4 Å². The first-order valence-corrected chi connectivity index (χ1v) is 10.8. The lowest BCUT2D eigenvalue weighted by molar-refractivity contribution is -0.138. The first kappa shape index (κ1) is 19.7. The van der Waals surface area contributed by atoms with Gasteiger partial charge in [-0.3, -0.25) is 24.3 Å². The smallest absolute Gasteiger partial charge is 0.277 e. The summed E-state index contributed by atoms with van der Waals surface area (Å²) in [5, 5.41) is 2.84. The molecule has 8 heteroatoms. The third kappa shape index (κ3) is 3.78. The minimum Gasteiger partial charge on any atom is -0.357 e. The molecule has 1 atom stereocenters. The molecule has 3 amide bonds. The van der Waals surface area contributed by atoms with E-state index >= 15 is 0 Å². The van der Waals surface area contributed by atoms with Crippen LogP contribution in [0.3, 0.4) is 0 Å². The fourth-order valence-electron chi connectivity index (χ4n) is 4.48. The van der Waals surface area contributed by atoms with Gasteiger partial charge in [0.05, 0.1) is 6.54 Å². The van der Waals surface area contributed by atoms with Gasteiger partial charge in [-0.05, 0) is 56.2 Å². The Hall–Kier alpha value is -3.29. The van der Waals surface area contributed by atoms with Gasteiger partial charge in [-0.2, -0.15) is 0 Å². The van der Waals surface area contributed by atoms with E-state index in [1.807, 2.05) is 31.6 Å². The quantitative estimate of drug-likeness (QED) is 0.735. The van der Waals surface area contributed by atoms with Crippen molar-refractivity contribution in [1.29, 1.82) is 0 Å². The number of aromatic nitrogens is 1. The lowest BCUT2D eigenvalue weighted by Gasteiger charge is -2.28. The van der Waals surface area contributed by atoms with Gasteiger partial charge in [0.1, 0.15) is 11.5 Å². The zero-order valence-electron chi connectivity index (χ0n) is 17.5. The zero-order chi connectivity index (χ0) is 21.5. The van der Waals surface area contributed by atoms with E-state index in [9.17, 15) is 14.4 Å². The van der Waals surface area contributed by atoms with Crippen molar-refractivity contribution < 1.29 is 14.4 Å². The second-order valence-electron chi connectivity index (χ2n) is 8.62. The minimum atomic E-state index is -0.238. The van der Waals surface area contributed by atoms with E-state index in [0.717, 1.165) is 36.8 Å². The number of hydrogen-bond acceptors (Lipinski definition) is 6. The number of carbonyl (C=O) groups is 3. The number of amides is 3. The summed E-state index contributed by atoms with van der Waals surface area (Å²) in [6.45, 7) is 2.63. The molecule has 4 heterocycles. The van der Waals surface area contributed by atoms with Crippen LogP contribution in [0.1, 0.15) is 49.1 Å². The number of carbonyl (C=O) groups excluding carboxylic acids is 3. The van der Waals surface area contributed by atoms with Gasteiger partial charge < -0.3 is 10.2 Å². The number of pyridine rings is 1. The molecule has 1 aromatic rings. The Morgan fingerprint density at radius 3 is 2.77 bits per heavy atom. The monoisotopic (exact) mass is 419 g/mol. The standard InChI is InChI=1S/C23H25N5O3/c1-14-9-16(11-24-10-14)15-4-7-19(25-12-15)26-20(29)13-27-8-2-3-18-21(27)23(31)28(22(18)30)17-5-6-17/h7,9-12,15,17H,2-6,8,13H2,1H3,(H,26,29). The van der Waals surface area contributed by atoms with Crippen LogP contribution in [0.4, 0.5) is 0 Å². The van der Waals surface area contributed by atoms with Crippen molar-refractivity contribution >= 4 is 23.9 Å². The maximum absolute atomic E-state index is 12.8. The first-order valence-electron chi connectivity index (χ1n) is 10.8. The number of rotatable bonds is 5. The van der Waals surface area contributed by atoms with Crippen LogP contribution in [0.15, 0.2) is 46.6 Å². The number of allylic oxidation sites excluding steroid dienone is 1. The number of aryl methyl sites for hydroxylation is 1. The van der Waals surface area contributed by atoms with Gasteiger partial charge in [-0.25, -0.2) is 4.99 Å².